The molecule has 7 N–H and O–H groups in total. The van der Waals surface area contributed by atoms with E-state index in [4.69, 9.17) is 23.4 Å². The van der Waals surface area contributed by atoms with Crippen molar-refractivity contribution in [2.75, 3.05) is 88.5 Å². The fourth-order valence-electron chi connectivity index (χ4n) is 16.5. The molecule has 16 aromatic rings. The number of aryl methyl sites for hydroxylation is 10. The quantitative estimate of drug-likeness (QED) is 0.0271. The van der Waals surface area contributed by atoms with Crippen LogP contribution in [0.1, 0.15) is 109 Å². The van der Waals surface area contributed by atoms with E-state index in [1.807, 2.05) is 208 Å². The maximum absolute atomic E-state index is 12.9. The number of nitrogens with two attached hydrogens (primary N) is 1. The molecule has 18 rings (SSSR count). The third-order valence-electron chi connectivity index (χ3n) is 22.6. The molecule has 0 saturated carbocycles. The van der Waals surface area contributed by atoms with E-state index < -0.39 is 11.3 Å². The lowest BCUT2D eigenvalue weighted by atomic mass is 10.0. The molecule has 122 heavy (non-hydrogen) atoms. The van der Waals surface area contributed by atoms with Crippen LogP contribution >= 0.6 is 0 Å². The van der Waals surface area contributed by atoms with Gasteiger partial charge in [-0.15, -0.1) is 0 Å². The first kappa shape index (κ1) is 84.5. The second-order valence-corrected chi connectivity index (χ2v) is 31.8. The van der Waals surface area contributed by atoms with Gasteiger partial charge in [-0.25, -0.2) is 39.1 Å². The molecule has 29 nitrogen and oxygen atoms in total. The van der Waals surface area contributed by atoms with Gasteiger partial charge in [-0.05, 0) is 205 Å². The van der Waals surface area contributed by atoms with E-state index in [9.17, 15) is 34.5 Å². The van der Waals surface area contributed by atoms with Crippen LogP contribution in [-0.4, -0.2) is 175 Å². The van der Waals surface area contributed by atoms with E-state index in [0.717, 1.165) is 197 Å². The maximum atomic E-state index is 12.9. The summed E-state index contributed by atoms with van der Waals surface area (Å²) in [5.41, 5.74) is 24.6. The number of nitrogens with one attached hydrogen (secondary N) is 2. The van der Waals surface area contributed by atoms with Gasteiger partial charge in [0.15, 0.2) is 22.6 Å². The summed E-state index contributed by atoms with van der Waals surface area (Å²) < 4.78 is 30.3. The minimum Gasteiger partial charge on any atom is -0.422 e. The summed E-state index contributed by atoms with van der Waals surface area (Å²) >= 11 is 0. The van der Waals surface area contributed by atoms with Crippen molar-refractivity contribution in [1.82, 2.24) is 73.0 Å². The average Bonchev–Trinajstić information content (AvgIpc) is 1.60. The van der Waals surface area contributed by atoms with Crippen LogP contribution in [0.25, 0.3) is 111 Å². The van der Waals surface area contributed by atoms with Crippen molar-refractivity contribution in [2.24, 2.45) is 5.73 Å². The van der Waals surface area contributed by atoms with E-state index in [0.29, 0.717) is 99.1 Å². The first-order valence-electron chi connectivity index (χ1n) is 41.8. The molecule has 1 atom stereocenters. The van der Waals surface area contributed by atoms with Crippen molar-refractivity contribution in [2.45, 2.75) is 139 Å². The summed E-state index contributed by atoms with van der Waals surface area (Å²) in [4.78, 5) is 93.9. The Morgan fingerprint density at radius 3 is 1.11 bits per heavy atom. The van der Waals surface area contributed by atoms with Crippen LogP contribution in [0, 0.1) is 55.4 Å². The van der Waals surface area contributed by atoms with E-state index in [2.05, 4.69) is 90.3 Å². The number of piperidine rings is 2. The van der Waals surface area contributed by atoms with Gasteiger partial charge in [0.05, 0.1) is 110 Å². The summed E-state index contributed by atoms with van der Waals surface area (Å²) in [5, 5.41) is 38.2. The number of fused-ring (bicyclic) bond motifs is 8. The predicted molar refractivity (Wildman–Crippen MR) is 476 cm³/mol. The molecule has 1 unspecified atom stereocenters. The highest BCUT2D eigenvalue weighted by Gasteiger charge is 2.27. The number of aliphatic hydroxyl groups is 3. The molecule has 0 spiro atoms. The zero-order valence-corrected chi connectivity index (χ0v) is 70.6. The highest BCUT2D eigenvalue weighted by molar-refractivity contribution is 5.87. The van der Waals surface area contributed by atoms with Crippen molar-refractivity contribution >= 4 is 77.8 Å². The van der Waals surface area contributed by atoms with Crippen LogP contribution in [0.2, 0.25) is 0 Å². The average molecular weight is 1650 g/mol. The summed E-state index contributed by atoms with van der Waals surface area (Å²) in [6.07, 6.45) is 22.6. The Kier molecular flexibility index (Phi) is 25.8. The molecule has 2 fully saturated rings. The van der Waals surface area contributed by atoms with Crippen LogP contribution in [0.5, 0.6) is 0 Å². The number of benzene rings is 4. The van der Waals surface area contributed by atoms with Crippen molar-refractivity contribution in [3.8, 4) is 45.0 Å². The standard InChI is InChI=1S/C26H31N5O4.C25H29N5O3.C22H24N4O2.C20H20N4O2/c1-17-15-31-16-23(28-25(31)18(2)27-17)22-13-19-3-4-21(14-24(19)35-26(22)34)29-7-5-20(6-8-29)30(9-11-32)10-12-33;1-15-12-30-13-22(28-24(30)17(3)26-15)21-10-18-4-5-20(11-23(18)33-25(21)32)29-8-6-19(7-9-29)27-16(2)14-31;1-4-23-9-5-6-16-7-8-17-11-18(22(27)28-20(17)10-16)19-13-26-12-14(2)24-15(3)21(26)25-19;1-12-10-24-11-17(23-19(24)13(2)22-12)16-9-15-6-5-14(4-3-7-21)8-18(15)26-20(16)25/h3-4,13-16,20,32-33H,5-12H2,1-2H3;4-5,10-13,16,19,27,31H,6-9,14H2,1-3H3;7-8,10-13,23H,4-6,9H2,1-3H3;5-6,8-11H,3-4,7,21H2,1-2H3. The van der Waals surface area contributed by atoms with Gasteiger partial charge in [-0.1, -0.05) is 31.2 Å². The Hall–Kier alpha value is -12.5. The molecular formula is C93H104N18O11. The molecule has 0 aliphatic carbocycles. The third kappa shape index (κ3) is 19.0. The Bertz CT molecular complexity index is 6750. The number of rotatable bonds is 22. The lowest BCUT2D eigenvalue weighted by Crippen LogP contribution is -2.46. The predicted octanol–water partition coefficient (Wildman–Crippen LogP) is 12.1. The van der Waals surface area contributed by atoms with Crippen LogP contribution in [0.3, 0.4) is 0 Å². The second-order valence-electron chi connectivity index (χ2n) is 31.8. The number of anilines is 2. The van der Waals surface area contributed by atoms with Gasteiger partial charge in [0.2, 0.25) is 0 Å². The molecular weight excluding hydrogens is 1550 g/mol. The number of aliphatic hydroxyl groups excluding tert-OH is 3. The zero-order chi connectivity index (χ0) is 85.6. The van der Waals surface area contributed by atoms with E-state index >= 15 is 0 Å². The van der Waals surface area contributed by atoms with Gasteiger partial charge in [-0.3, -0.25) is 24.8 Å². The van der Waals surface area contributed by atoms with Crippen molar-refractivity contribution in [1.29, 1.82) is 0 Å². The SMILES string of the molecule is CCNCCCc1ccc2cc(-c3cn4cc(C)nc(C)c4n3)c(=O)oc2c1.Cc1cn2cc(-c3cc4ccc(CCCN)cc4oc3=O)nc2c(C)n1.Cc1cn2cc(-c3cc4ccc(N5CCC(N(CCO)CCO)CC5)cc4oc3=O)nc2c(C)n1.Cc1cn2cc(-c3cc4ccc(N5CCC(NC(C)CO)CC5)cc4oc3=O)nc2c(C)n1. The number of hydrogen-bond donors (Lipinski definition) is 6. The van der Waals surface area contributed by atoms with Crippen molar-refractivity contribution in [3.05, 3.63) is 245 Å². The van der Waals surface area contributed by atoms with Gasteiger partial charge < -0.3 is 76.8 Å². The zero-order valence-electron chi connectivity index (χ0n) is 70.6. The van der Waals surface area contributed by atoms with Crippen molar-refractivity contribution < 1.29 is 33.0 Å². The van der Waals surface area contributed by atoms with Gasteiger partial charge in [-0.2, -0.15) is 0 Å². The minimum absolute atomic E-state index is 0.0943. The molecule has 14 heterocycles. The molecule has 2 aliphatic heterocycles. The summed E-state index contributed by atoms with van der Waals surface area (Å²) in [6.45, 7) is 27.1. The summed E-state index contributed by atoms with van der Waals surface area (Å²) in [5.74, 6) is 0. The first-order chi connectivity index (χ1) is 59.0. The van der Waals surface area contributed by atoms with Gasteiger partial charge in [0.25, 0.3) is 0 Å². The van der Waals surface area contributed by atoms with E-state index in [1.165, 1.54) is 5.56 Å². The van der Waals surface area contributed by atoms with Crippen LogP contribution in [-0.2, 0) is 12.8 Å². The highest BCUT2D eigenvalue weighted by Crippen LogP contribution is 2.33. The fraction of sp³-hybridized carbons (Fsp3) is 0.355. The topological polar surface area (TPSA) is 362 Å². The van der Waals surface area contributed by atoms with E-state index in [1.54, 1.807) is 0 Å². The molecule has 29 heteroatoms. The molecule has 0 bridgehead atoms. The molecule has 4 aromatic carbocycles. The fourth-order valence-corrected chi connectivity index (χ4v) is 16.5. The summed E-state index contributed by atoms with van der Waals surface area (Å²) in [7, 11) is 0. The van der Waals surface area contributed by atoms with Crippen LogP contribution in [0.4, 0.5) is 11.4 Å². The number of nitrogens with zero attached hydrogens (tertiary/aromatic N) is 15. The number of imidazole rings is 4. The van der Waals surface area contributed by atoms with Gasteiger partial charge >= 0.3 is 22.5 Å². The Labute approximate surface area is 703 Å². The normalized spacial score (nSPS) is 13.8. The highest BCUT2D eigenvalue weighted by atomic mass is 16.4. The molecule has 12 aromatic heterocycles. The smallest absolute Gasteiger partial charge is 0.345 e. The third-order valence-corrected chi connectivity index (χ3v) is 22.6. The minimum atomic E-state index is -0.414. The Balaban J connectivity index is 0.000000127. The Morgan fingerprint density at radius 2 is 0.779 bits per heavy atom. The van der Waals surface area contributed by atoms with Crippen LogP contribution < -0.4 is 48.7 Å². The number of aromatic nitrogens is 12. The number of hydrogen-bond acceptors (Lipinski definition) is 25. The molecule has 0 amide bonds. The Morgan fingerprint density at radius 1 is 0.443 bits per heavy atom. The lowest BCUT2D eigenvalue weighted by molar-refractivity contribution is 0.108. The molecule has 0 radical (unpaired) electrons. The second kappa shape index (κ2) is 37.2. The maximum Gasteiger partial charge on any atom is 0.345 e. The molecule has 2 aliphatic rings. The van der Waals surface area contributed by atoms with E-state index in [-0.39, 0.29) is 37.1 Å². The van der Waals surface area contributed by atoms with Gasteiger partial charge in [0.1, 0.15) is 22.3 Å². The molecule has 632 valence electrons. The monoisotopic (exact) mass is 1650 g/mol. The van der Waals surface area contributed by atoms with Crippen molar-refractivity contribution in [3.63, 3.8) is 0 Å². The molecule has 2 saturated heterocycles. The van der Waals surface area contributed by atoms with Crippen LogP contribution in [0.15, 0.2) is 183 Å². The first-order valence-corrected chi connectivity index (χ1v) is 41.8. The summed E-state index contributed by atoms with van der Waals surface area (Å²) in [6, 6.07) is 32.3. The largest absolute Gasteiger partial charge is 0.422 e. The van der Waals surface area contributed by atoms with Gasteiger partial charge in [0, 0.05) is 152 Å². The lowest BCUT2D eigenvalue weighted by Gasteiger charge is -2.39.